The number of rotatable bonds is 8. The summed E-state index contributed by atoms with van der Waals surface area (Å²) in [7, 11) is 1.66. The molecule has 3 unspecified atom stereocenters. The smallest absolute Gasteiger partial charge is 0.497 e. The summed E-state index contributed by atoms with van der Waals surface area (Å²) >= 11 is 1.60. The second kappa shape index (κ2) is 13.3. The van der Waals surface area contributed by atoms with Gasteiger partial charge in [-0.05, 0) is 79.3 Å². The summed E-state index contributed by atoms with van der Waals surface area (Å²) in [5.74, 6) is 2.31. The number of alkyl halides is 3. The predicted molar refractivity (Wildman–Crippen MR) is 177 cm³/mol. The molecule has 1 aromatic heterocycles. The van der Waals surface area contributed by atoms with Crippen molar-refractivity contribution in [3.05, 3.63) is 84.2 Å². The number of methoxy groups -OCH3 is 1. The quantitative estimate of drug-likeness (QED) is 0.205. The third-order valence-corrected chi connectivity index (χ3v) is 9.24. The number of ether oxygens (including phenoxy) is 2. The van der Waals surface area contributed by atoms with Crippen LogP contribution in [0.5, 0.6) is 11.5 Å². The number of halogens is 3. The van der Waals surface area contributed by atoms with Gasteiger partial charge in [0.25, 0.3) is 0 Å². The molecule has 9 nitrogen and oxygen atoms in total. The number of thioether (sulfide) groups is 1. The minimum absolute atomic E-state index is 0.00833. The Hall–Kier alpha value is -4.52. The van der Waals surface area contributed by atoms with E-state index in [0.717, 1.165) is 46.7 Å². The second-order valence-electron chi connectivity index (χ2n) is 11.9. The molecule has 1 saturated heterocycles. The number of carbonyl (C=O) groups excluding carboxylic acids is 1. The number of nitrogens with zero attached hydrogens (tertiary/aromatic N) is 5. The number of amidine groups is 1. The van der Waals surface area contributed by atoms with Gasteiger partial charge in [-0.15, -0.1) is 18.3 Å². The number of carbonyl (C=O) groups is 1. The number of hydrogen-bond donors (Lipinski definition) is 1. The first-order valence-electron chi connectivity index (χ1n) is 15.4. The van der Waals surface area contributed by atoms with Crippen molar-refractivity contribution in [2.75, 3.05) is 17.8 Å². The lowest BCUT2D eigenvalue weighted by atomic mass is 9.99. The summed E-state index contributed by atoms with van der Waals surface area (Å²) in [5.41, 5.74) is 4.62. The minimum atomic E-state index is -4.75. The van der Waals surface area contributed by atoms with Crippen LogP contribution in [0.3, 0.4) is 0 Å². The van der Waals surface area contributed by atoms with Gasteiger partial charge in [0.15, 0.2) is 11.0 Å². The normalized spacial score (nSPS) is 20.4. The van der Waals surface area contributed by atoms with Crippen LogP contribution in [0.4, 0.5) is 23.7 Å². The van der Waals surface area contributed by atoms with E-state index < -0.39 is 6.36 Å². The maximum atomic E-state index is 13.1. The van der Waals surface area contributed by atoms with Crippen LogP contribution >= 0.6 is 11.8 Å². The highest BCUT2D eigenvalue weighted by atomic mass is 32.2. The lowest BCUT2D eigenvalue weighted by molar-refractivity contribution is -0.274. The van der Waals surface area contributed by atoms with Crippen LogP contribution in [0.2, 0.25) is 0 Å². The molecule has 1 aliphatic carbocycles. The maximum absolute atomic E-state index is 13.1. The zero-order valence-electron chi connectivity index (χ0n) is 26.4. The van der Waals surface area contributed by atoms with E-state index in [-0.39, 0.29) is 35.7 Å². The zero-order valence-corrected chi connectivity index (χ0v) is 27.2. The van der Waals surface area contributed by atoms with Crippen LogP contribution < -0.4 is 19.7 Å². The highest BCUT2D eigenvalue weighted by molar-refractivity contribution is 8.14. The summed E-state index contributed by atoms with van der Waals surface area (Å²) in [6, 6.07) is 19.2. The Morgan fingerprint density at radius 1 is 1.06 bits per heavy atom. The molecule has 6 rings (SSSR count). The fraction of sp³-hybridized carbons (Fsp3) is 0.353. The van der Waals surface area contributed by atoms with Gasteiger partial charge in [0.1, 0.15) is 17.8 Å². The predicted octanol–water partition coefficient (Wildman–Crippen LogP) is 7.92. The van der Waals surface area contributed by atoms with E-state index in [4.69, 9.17) is 4.74 Å². The number of hydrogen-bond acceptors (Lipinski definition) is 6. The molecule has 3 atom stereocenters. The molecule has 0 radical (unpaired) electrons. The third kappa shape index (κ3) is 7.56. The van der Waals surface area contributed by atoms with Gasteiger partial charge in [-0.3, -0.25) is 0 Å². The van der Waals surface area contributed by atoms with Crippen molar-refractivity contribution in [2.45, 2.75) is 63.9 Å². The largest absolute Gasteiger partial charge is 0.573 e. The molecule has 2 heterocycles. The molecular formula is C34H35F3N6O3S. The van der Waals surface area contributed by atoms with Crippen molar-refractivity contribution in [1.29, 1.82) is 0 Å². The van der Waals surface area contributed by atoms with Crippen LogP contribution in [0.15, 0.2) is 78.0 Å². The van der Waals surface area contributed by atoms with E-state index in [1.54, 1.807) is 18.9 Å². The number of anilines is 1. The van der Waals surface area contributed by atoms with E-state index >= 15 is 0 Å². The number of urea groups is 1. The van der Waals surface area contributed by atoms with Crippen LogP contribution in [0, 0.1) is 0 Å². The minimum Gasteiger partial charge on any atom is -0.497 e. The molecule has 3 aromatic carbocycles. The van der Waals surface area contributed by atoms with Gasteiger partial charge in [0, 0.05) is 35.0 Å². The molecule has 246 valence electrons. The average molecular weight is 665 g/mol. The number of benzene rings is 3. The fourth-order valence-electron chi connectivity index (χ4n) is 5.68. The van der Waals surface area contributed by atoms with Crippen LogP contribution in [-0.4, -0.2) is 57.3 Å². The summed E-state index contributed by atoms with van der Waals surface area (Å²) in [6.07, 6.45) is -1.44. The first-order valence-corrected chi connectivity index (χ1v) is 16.3. The first kappa shape index (κ1) is 32.4. The molecule has 2 fully saturated rings. The number of amides is 2. The topological polar surface area (TPSA) is 93.9 Å². The van der Waals surface area contributed by atoms with Crippen molar-refractivity contribution < 1.29 is 27.4 Å². The lowest BCUT2D eigenvalue weighted by Crippen LogP contribution is -2.42. The van der Waals surface area contributed by atoms with Gasteiger partial charge >= 0.3 is 12.4 Å². The van der Waals surface area contributed by atoms with E-state index in [9.17, 15) is 18.0 Å². The number of nitrogens with one attached hydrogen (secondary N) is 1. The van der Waals surface area contributed by atoms with E-state index in [0.29, 0.717) is 16.7 Å². The van der Waals surface area contributed by atoms with Crippen molar-refractivity contribution in [3.63, 3.8) is 0 Å². The molecular weight excluding hydrogens is 629 g/mol. The Morgan fingerprint density at radius 2 is 1.79 bits per heavy atom. The Morgan fingerprint density at radius 3 is 2.47 bits per heavy atom. The van der Waals surface area contributed by atoms with Gasteiger partial charge < -0.3 is 19.7 Å². The Labute approximate surface area is 275 Å². The van der Waals surface area contributed by atoms with Gasteiger partial charge in [-0.1, -0.05) is 49.9 Å². The van der Waals surface area contributed by atoms with Crippen LogP contribution in [0.1, 0.15) is 56.6 Å². The molecule has 13 heteroatoms. The van der Waals surface area contributed by atoms with Crippen molar-refractivity contribution >= 4 is 28.6 Å². The molecule has 0 spiro atoms. The molecule has 1 N–H and O–H groups in total. The van der Waals surface area contributed by atoms with Gasteiger partial charge in [0.05, 0.1) is 12.8 Å². The molecule has 4 aromatic rings. The number of aromatic nitrogens is 3. The third-order valence-electron chi connectivity index (χ3n) is 8.25. The van der Waals surface area contributed by atoms with Crippen molar-refractivity contribution in [3.8, 4) is 28.6 Å². The Balaban J connectivity index is 1.09. The number of aliphatic imine (C=N–C) groups is 1. The highest BCUT2D eigenvalue weighted by Crippen LogP contribution is 2.42. The van der Waals surface area contributed by atoms with Gasteiger partial charge in [-0.2, -0.15) is 4.99 Å². The first-order chi connectivity index (χ1) is 22.5. The summed E-state index contributed by atoms with van der Waals surface area (Å²) < 4.78 is 48.2. The molecule has 2 aliphatic rings. The molecule has 2 amide bonds. The monoisotopic (exact) mass is 664 g/mol. The van der Waals surface area contributed by atoms with Gasteiger partial charge in [-0.25, -0.2) is 14.5 Å². The zero-order chi connectivity index (χ0) is 33.3. The maximum Gasteiger partial charge on any atom is 0.573 e. The second-order valence-corrected chi connectivity index (χ2v) is 13.0. The van der Waals surface area contributed by atoms with Crippen LogP contribution in [0.25, 0.3) is 17.1 Å². The van der Waals surface area contributed by atoms with E-state index in [2.05, 4.69) is 62.9 Å². The Kier molecular flexibility index (Phi) is 9.18. The van der Waals surface area contributed by atoms with E-state index in [1.165, 1.54) is 35.3 Å². The summed E-state index contributed by atoms with van der Waals surface area (Å²) in [5, 5.41) is 8.26. The Bertz CT molecular complexity index is 1760. The molecule has 1 saturated carbocycles. The fourth-order valence-corrected chi connectivity index (χ4v) is 6.88. The summed E-state index contributed by atoms with van der Waals surface area (Å²) in [4.78, 5) is 24.2. The molecule has 1 aliphatic heterocycles. The van der Waals surface area contributed by atoms with E-state index in [1.807, 2.05) is 30.3 Å². The highest BCUT2D eigenvalue weighted by Gasteiger charge is 2.40. The van der Waals surface area contributed by atoms with Crippen molar-refractivity contribution in [1.82, 2.24) is 20.1 Å². The SMILES string of the molecule is COc1ccc(N2C(=NC(=O)NC3CC3c3ccc(-c4ncn(-c5ccc(OC(F)(F)F)cc5)n4)cc3)SCCC2C)c(C(C)C)c1. The standard InChI is InChI=1S/C34H35F3N6O3S/c1-20(2)27-17-26(45-4)13-14-30(27)43-21(3)15-16-47-33(43)40-32(44)39-29-18-28(29)22-5-7-23(8-6-22)31-38-19-42(41-31)24-9-11-25(12-10-24)46-34(35,36)37/h5-14,17,19-21,28-29H,15-16,18H2,1-4H3,(H,39,44). The van der Waals surface area contributed by atoms with Gasteiger partial charge in [0.2, 0.25) is 0 Å². The summed E-state index contributed by atoms with van der Waals surface area (Å²) in [6.45, 7) is 6.46. The molecule has 47 heavy (non-hydrogen) atoms. The average Bonchev–Trinajstić information content (AvgIpc) is 3.61. The van der Waals surface area contributed by atoms with Crippen LogP contribution in [-0.2, 0) is 0 Å². The lowest BCUT2D eigenvalue weighted by Gasteiger charge is -2.37. The molecule has 0 bridgehead atoms. The van der Waals surface area contributed by atoms with Crippen molar-refractivity contribution in [2.24, 2.45) is 4.99 Å².